The molecule has 2 aromatic heterocycles. The maximum absolute atomic E-state index is 13.3. The topological polar surface area (TPSA) is 85.4 Å². The molecule has 1 aliphatic rings. The van der Waals surface area contributed by atoms with Gasteiger partial charge in [-0.05, 0) is 65.6 Å². The number of sulfonamides is 1. The van der Waals surface area contributed by atoms with Gasteiger partial charge in [-0.25, -0.2) is 13.2 Å². The van der Waals surface area contributed by atoms with E-state index in [-0.39, 0.29) is 4.90 Å². The van der Waals surface area contributed by atoms with Crippen LogP contribution in [-0.2, 0) is 23.5 Å². The summed E-state index contributed by atoms with van der Waals surface area (Å²) in [5.74, 6) is -0.523. The third-order valence-electron chi connectivity index (χ3n) is 5.30. The zero-order valence-electron chi connectivity index (χ0n) is 15.6. The van der Waals surface area contributed by atoms with Crippen molar-refractivity contribution in [3.05, 3.63) is 77.0 Å². The lowest BCUT2D eigenvalue weighted by molar-refractivity contribution is 0.528. The maximum atomic E-state index is 13.3. The summed E-state index contributed by atoms with van der Waals surface area (Å²) in [6, 6.07) is 14.1. The lowest BCUT2D eigenvalue weighted by Crippen LogP contribution is -2.29. The molecule has 0 spiro atoms. The Balaban J connectivity index is 1.56. The van der Waals surface area contributed by atoms with E-state index in [2.05, 4.69) is 4.98 Å². The summed E-state index contributed by atoms with van der Waals surface area (Å²) >= 11 is 0. The van der Waals surface area contributed by atoms with Crippen LogP contribution in [0, 0.1) is 0 Å². The predicted molar refractivity (Wildman–Crippen MR) is 109 cm³/mol. The molecule has 0 saturated heterocycles. The Morgan fingerprint density at radius 1 is 1.00 bits per heavy atom. The molecule has 7 nitrogen and oxygen atoms in total. The Morgan fingerprint density at radius 3 is 2.59 bits per heavy atom. The van der Waals surface area contributed by atoms with E-state index in [1.165, 1.54) is 27.1 Å². The van der Waals surface area contributed by atoms with Crippen molar-refractivity contribution in [3.63, 3.8) is 0 Å². The number of benzene rings is 2. The number of hydrogen-bond donors (Lipinski definition) is 0. The van der Waals surface area contributed by atoms with Crippen molar-refractivity contribution in [2.45, 2.75) is 11.3 Å². The van der Waals surface area contributed by atoms with Crippen LogP contribution >= 0.6 is 0 Å². The van der Waals surface area contributed by atoms with Gasteiger partial charge in [-0.15, -0.1) is 0 Å². The third kappa shape index (κ3) is 2.75. The molecule has 5 rings (SSSR count). The first-order valence-electron chi connectivity index (χ1n) is 9.11. The molecule has 1 aliphatic heterocycles. The minimum Gasteiger partial charge on any atom is -0.408 e. The van der Waals surface area contributed by atoms with Gasteiger partial charge in [0.2, 0.25) is 0 Å². The fourth-order valence-electron chi connectivity index (χ4n) is 3.74. The molecule has 0 N–H and O–H groups in total. The van der Waals surface area contributed by atoms with Gasteiger partial charge in [0.15, 0.2) is 5.58 Å². The molecule has 0 bridgehead atoms. The van der Waals surface area contributed by atoms with Gasteiger partial charge in [0.05, 0.1) is 16.1 Å². The van der Waals surface area contributed by atoms with Crippen molar-refractivity contribution in [2.24, 2.45) is 7.05 Å². The van der Waals surface area contributed by atoms with Gasteiger partial charge in [-0.3, -0.25) is 13.9 Å². The smallest absolute Gasteiger partial charge is 0.408 e. The molecule has 146 valence electrons. The number of pyridine rings is 1. The molecule has 0 amide bonds. The lowest BCUT2D eigenvalue weighted by atomic mass is 10.0. The highest BCUT2D eigenvalue weighted by atomic mass is 32.2. The SMILES string of the molecule is Cn1c(=O)oc2ccc(S(=O)(=O)N3CCc4cc(-c5ccncc5)ccc43)cc21. The zero-order chi connectivity index (χ0) is 20.2. The lowest BCUT2D eigenvalue weighted by Gasteiger charge is -2.20. The summed E-state index contributed by atoms with van der Waals surface area (Å²) in [5, 5.41) is 0. The highest BCUT2D eigenvalue weighted by Gasteiger charge is 2.31. The van der Waals surface area contributed by atoms with Crippen LogP contribution in [0.25, 0.3) is 22.2 Å². The van der Waals surface area contributed by atoms with E-state index in [4.69, 9.17) is 4.42 Å². The van der Waals surface area contributed by atoms with Crippen LogP contribution in [-0.4, -0.2) is 24.5 Å². The monoisotopic (exact) mass is 407 g/mol. The summed E-state index contributed by atoms with van der Waals surface area (Å²) in [4.78, 5) is 15.9. The van der Waals surface area contributed by atoms with Crippen molar-refractivity contribution in [2.75, 3.05) is 10.8 Å². The summed E-state index contributed by atoms with van der Waals surface area (Å²) in [6.07, 6.45) is 4.11. The Kier molecular flexibility index (Phi) is 3.85. The Hall–Kier alpha value is -3.39. The second-order valence-corrected chi connectivity index (χ2v) is 8.83. The number of aromatic nitrogens is 2. The average Bonchev–Trinajstić information content (AvgIpc) is 3.29. The minimum atomic E-state index is -3.76. The third-order valence-corrected chi connectivity index (χ3v) is 7.11. The standard InChI is InChI=1S/C21H17N3O4S/c1-23-19-13-17(3-5-20(19)28-21(23)25)29(26,27)24-11-8-16-12-15(2-4-18(16)24)14-6-9-22-10-7-14/h2-7,9-10,12-13H,8,11H2,1H3. The Bertz CT molecular complexity index is 1410. The number of nitrogens with zero attached hydrogens (tertiary/aromatic N) is 3. The fraction of sp³-hybridized carbons (Fsp3) is 0.143. The van der Waals surface area contributed by atoms with E-state index < -0.39 is 15.8 Å². The summed E-state index contributed by atoms with van der Waals surface area (Å²) < 4.78 is 34.5. The molecule has 0 atom stereocenters. The number of oxazole rings is 1. The van der Waals surface area contributed by atoms with E-state index in [9.17, 15) is 13.2 Å². The van der Waals surface area contributed by atoms with Crippen molar-refractivity contribution in [3.8, 4) is 11.1 Å². The molecule has 4 aromatic rings. The molecule has 2 aromatic carbocycles. The second kappa shape index (κ2) is 6.31. The first-order chi connectivity index (χ1) is 13.9. The largest absolute Gasteiger partial charge is 0.419 e. The van der Waals surface area contributed by atoms with Gasteiger partial charge in [-0.2, -0.15) is 0 Å². The number of hydrogen-bond acceptors (Lipinski definition) is 5. The molecular formula is C21H17N3O4S. The highest BCUT2D eigenvalue weighted by Crippen LogP contribution is 2.36. The second-order valence-electron chi connectivity index (χ2n) is 6.96. The van der Waals surface area contributed by atoms with Gasteiger partial charge >= 0.3 is 5.76 Å². The molecule has 0 fully saturated rings. The van der Waals surface area contributed by atoms with Crippen molar-refractivity contribution in [1.82, 2.24) is 9.55 Å². The molecule has 0 aliphatic carbocycles. The zero-order valence-corrected chi connectivity index (χ0v) is 16.4. The van der Waals surface area contributed by atoms with Crippen LogP contribution in [0.1, 0.15) is 5.56 Å². The van der Waals surface area contributed by atoms with Crippen molar-refractivity contribution in [1.29, 1.82) is 0 Å². The normalized spacial score (nSPS) is 13.8. The molecule has 3 heterocycles. The fourth-order valence-corrected chi connectivity index (χ4v) is 5.26. The van der Waals surface area contributed by atoms with Crippen LogP contribution in [0.2, 0.25) is 0 Å². The quantitative estimate of drug-likeness (QED) is 0.521. The van der Waals surface area contributed by atoms with E-state index in [1.54, 1.807) is 19.4 Å². The van der Waals surface area contributed by atoms with Gasteiger partial charge in [0.25, 0.3) is 10.0 Å². The number of rotatable bonds is 3. The summed E-state index contributed by atoms with van der Waals surface area (Å²) in [5.41, 5.74) is 4.54. The van der Waals surface area contributed by atoms with E-state index in [0.29, 0.717) is 29.8 Å². The average molecular weight is 407 g/mol. The number of aryl methyl sites for hydroxylation is 1. The van der Waals surface area contributed by atoms with Crippen LogP contribution in [0.5, 0.6) is 0 Å². The summed E-state index contributed by atoms with van der Waals surface area (Å²) in [7, 11) is -2.21. The van der Waals surface area contributed by atoms with Crippen LogP contribution in [0.3, 0.4) is 0 Å². The van der Waals surface area contributed by atoms with Crippen LogP contribution in [0.15, 0.2) is 75.0 Å². The van der Waals surface area contributed by atoms with Crippen LogP contribution < -0.4 is 10.1 Å². The Morgan fingerprint density at radius 2 is 1.79 bits per heavy atom. The van der Waals surface area contributed by atoms with E-state index in [1.807, 2.05) is 30.3 Å². The predicted octanol–water partition coefficient (Wildman–Crippen LogP) is 2.94. The maximum Gasteiger partial charge on any atom is 0.419 e. The molecule has 0 saturated carbocycles. The molecule has 0 radical (unpaired) electrons. The van der Waals surface area contributed by atoms with Gasteiger partial charge in [0.1, 0.15) is 0 Å². The molecule has 0 unspecified atom stereocenters. The first kappa shape index (κ1) is 17.7. The van der Waals surface area contributed by atoms with Crippen molar-refractivity contribution >= 4 is 26.8 Å². The Labute approximate surface area is 166 Å². The number of fused-ring (bicyclic) bond motifs is 2. The highest BCUT2D eigenvalue weighted by molar-refractivity contribution is 7.92. The van der Waals surface area contributed by atoms with Gasteiger partial charge in [0, 0.05) is 26.0 Å². The van der Waals surface area contributed by atoms with Crippen LogP contribution in [0.4, 0.5) is 5.69 Å². The van der Waals surface area contributed by atoms with E-state index >= 15 is 0 Å². The molecule has 29 heavy (non-hydrogen) atoms. The van der Waals surface area contributed by atoms with Gasteiger partial charge in [-0.1, -0.05) is 6.07 Å². The summed E-state index contributed by atoms with van der Waals surface area (Å²) in [6.45, 7) is 0.375. The molecule has 8 heteroatoms. The van der Waals surface area contributed by atoms with Crippen molar-refractivity contribution < 1.29 is 12.8 Å². The number of anilines is 1. The molecular weight excluding hydrogens is 390 g/mol. The first-order valence-corrected chi connectivity index (χ1v) is 10.5. The van der Waals surface area contributed by atoms with E-state index in [0.717, 1.165) is 16.7 Å². The van der Waals surface area contributed by atoms with Gasteiger partial charge < -0.3 is 4.42 Å². The minimum absolute atomic E-state index is 0.132.